The molecule has 1 aliphatic rings. The number of aromatic nitrogens is 3. The Balaban J connectivity index is 1.83. The van der Waals surface area contributed by atoms with Crippen LogP contribution >= 0.6 is 0 Å². The van der Waals surface area contributed by atoms with Crippen molar-refractivity contribution in [1.82, 2.24) is 15.0 Å². The standard InChI is InChI=1S/C15H18N4O/c16-12-3-5-15(20,6-4-12)14-2-1-11(9-19-14)13-10-17-7-8-18-13/h1-2,7-10,12,20H,3-6,16H2. The zero-order chi connectivity index (χ0) is 14.0. The third-order valence-corrected chi connectivity index (χ3v) is 3.96. The van der Waals surface area contributed by atoms with Gasteiger partial charge in [0, 0.05) is 30.2 Å². The van der Waals surface area contributed by atoms with Gasteiger partial charge in [-0.3, -0.25) is 15.0 Å². The number of rotatable bonds is 2. The summed E-state index contributed by atoms with van der Waals surface area (Å²) >= 11 is 0. The van der Waals surface area contributed by atoms with Gasteiger partial charge in [0.15, 0.2) is 0 Å². The molecule has 0 saturated heterocycles. The molecule has 0 aromatic carbocycles. The molecule has 0 bridgehead atoms. The molecule has 1 fully saturated rings. The molecular weight excluding hydrogens is 252 g/mol. The van der Waals surface area contributed by atoms with Crippen LogP contribution in [0, 0.1) is 0 Å². The molecule has 5 heteroatoms. The highest BCUT2D eigenvalue weighted by Gasteiger charge is 2.34. The van der Waals surface area contributed by atoms with Gasteiger partial charge in [-0.15, -0.1) is 0 Å². The first-order valence-electron chi connectivity index (χ1n) is 6.88. The van der Waals surface area contributed by atoms with E-state index in [4.69, 9.17) is 5.73 Å². The minimum atomic E-state index is -0.837. The fraction of sp³-hybridized carbons (Fsp3) is 0.400. The van der Waals surface area contributed by atoms with Gasteiger partial charge in [-0.05, 0) is 37.8 Å². The van der Waals surface area contributed by atoms with Crippen molar-refractivity contribution in [2.75, 3.05) is 0 Å². The summed E-state index contributed by atoms with van der Waals surface area (Å²) in [5, 5.41) is 10.7. The average molecular weight is 270 g/mol. The van der Waals surface area contributed by atoms with E-state index in [0.29, 0.717) is 12.8 Å². The van der Waals surface area contributed by atoms with Crippen molar-refractivity contribution < 1.29 is 5.11 Å². The van der Waals surface area contributed by atoms with Gasteiger partial charge in [0.2, 0.25) is 0 Å². The maximum absolute atomic E-state index is 10.7. The second-order valence-electron chi connectivity index (χ2n) is 5.39. The van der Waals surface area contributed by atoms with Crippen LogP contribution in [0.4, 0.5) is 0 Å². The predicted molar refractivity (Wildman–Crippen MR) is 75.6 cm³/mol. The third kappa shape index (κ3) is 2.55. The van der Waals surface area contributed by atoms with E-state index in [2.05, 4.69) is 15.0 Å². The van der Waals surface area contributed by atoms with E-state index in [1.807, 2.05) is 12.1 Å². The zero-order valence-corrected chi connectivity index (χ0v) is 11.2. The molecule has 0 atom stereocenters. The Morgan fingerprint density at radius 1 is 1.10 bits per heavy atom. The summed E-state index contributed by atoms with van der Waals surface area (Å²) in [5.41, 5.74) is 7.45. The summed E-state index contributed by atoms with van der Waals surface area (Å²) in [6.45, 7) is 0. The summed E-state index contributed by atoms with van der Waals surface area (Å²) < 4.78 is 0. The van der Waals surface area contributed by atoms with Crippen LogP contribution in [0.25, 0.3) is 11.3 Å². The number of aliphatic hydroxyl groups is 1. The lowest BCUT2D eigenvalue weighted by atomic mass is 9.80. The largest absolute Gasteiger partial charge is 0.384 e. The van der Waals surface area contributed by atoms with Gasteiger partial charge in [0.25, 0.3) is 0 Å². The van der Waals surface area contributed by atoms with Crippen molar-refractivity contribution in [3.05, 3.63) is 42.6 Å². The quantitative estimate of drug-likeness (QED) is 0.866. The molecule has 0 amide bonds. The molecule has 0 unspecified atom stereocenters. The highest BCUT2D eigenvalue weighted by Crippen LogP contribution is 2.35. The Labute approximate surface area is 117 Å². The first-order chi connectivity index (χ1) is 9.67. The van der Waals surface area contributed by atoms with E-state index in [-0.39, 0.29) is 6.04 Å². The van der Waals surface area contributed by atoms with Crippen LogP contribution in [0.15, 0.2) is 36.9 Å². The molecule has 2 aromatic rings. The highest BCUT2D eigenvalue weighted by atomic mass is 16.3. The summed E-state index contributed by atoms with van der Waals surface area (Å²) in [6, 6.07) is 4.01. The van der Waals surface area contributed by atoms with Gasteiger partial charge in [-0.1, -0.05) is 0 Å². The second-order valence-corrected chi connectivity index (χ2v) is 5.39. The molecular formula is C15H18N4O. The summed E-state index contributed by atoms with van der Waals surface area (Å²) in [4.78, 5) is 12.7. The van der Waals surface area contributed by atoms with Crippen molar-refractivity contribution >= 4 is 0 Å². The number of hydrogen-bond acceptors (Lipinski definition) is 5. The van der Waals surface area contributed by atoms with Crippen molar-refractivity contribution in [3.63, 3.8) is 0 Å². The van der Waals surface area contributed by atoms with Crippen molar-refractivity contribution in [1.29, 1.82) is 0 Å². The Kier molecular flexibility index (Phi) is 3.46. The number of pyridine rings is 1. The maximum Gasteiger partial charge on any atom is 0.107 e. The molecule has 2 aromatic heterocycles. The Morgan fingerprint density at radius 2 is 1.90 bits per heavy atom. The molecule has 0 aliphatic heterocycles. The second kappa shape index (κ2) is 5.26. The average Bonchev–Trinajstić information content (AvgIpc) is 2.52. The number of nitrogens with two attached hydrogens (primary N) is 1. The molecule has 1 aliphatic carbocycles. The number of nitrogens with zero attached hydrogens (tertiary/aromatic N) is 3. The lowest BCUT2D eigenvalue weighted by Gasteiger charge is -2.34. The first-order valence-corrected chi connectivity index (χ1v) is 6.88. The smallest absolute Gasteiger partial charge is 0.107 e. The molecule has 104 valence electrons. The lowest BCUT2D eigenvalue weighted by molar-refractivity contribution is -0.00885. The highest BCUT2D eigenvalue weighted by molar-refractivity contribution is 5.56. The van der Waals surface area contributed by atoms with Gasteiger partial charge in [0.05, 0.1) is 17.6 Å². The predicted octanol–water partition coefficient (Wildman–Crippen LogP) is 1.63. The van der Waals surface area contributed by atoms with E-state index in [1.165, 1.54) is 0 Å². The van der Waals surface area contributed by atoms with Gasteiger partial charge >= 0.3 is 0 Å². The molecule has 2 heterocycles. The molecule has 20 heavy (non-hydrogen) atoms. The van der Waals surface area contributed by atoms with Crippen LogP contribution in [0.5, 0.6) is 0 Å². The molecule has 1 saturated carbocycles. The van der Waals surface area contributed by atoms with Crippen molar-refractivity contribution in [2.45, 2.75) is 37.3 Å². The van der Waals surface area contributed by atoms with Gasteiger partial charge in [0.1, 0.15) is 5.60 Å². The number of hydrogen-bond donors (Lipinski definition) is 2. The van der Waals surface area contributed by atoms with Gasteiger partial charge in [-0.2, -0.15) is 0 Å². The lowest BCUT2D eigenvalue weighted by Crippen LogP contribution is -2.37. The minimum absolute atomic E-state index is 0.203. The fourth-order valence-electron chi connectivity index (χ4n) is 2.64. The van der Waals surface area contributed by atoms with E-state index in [1.54, 1.807) is 24.8 Å². The summed E-state index contributed by atoms with van der Waals surface area (Å²) in [7, 11) is 0. The molecule has 3 rings (SSSR count). The van der Waals surface area contributed by atoms with Crippen LogP contribution < -0.4 is 5.73 Å². The Bertz CT molecular complexity index is 562. The molecule has 5 nitrogen and oxygen atoms in total. The van der Waals surface area contributed by atoms with E-state index in [0.717, 1.165) is 29.8 Å². The summed E-state index contributed by atoms with van der Waals surface area (Å²) in [5.74, 6) is 0. The zero-order valence-electron chi connectivity index (χ0n) is 11.2. The SMILES string of the molecule is NC1CCC(O)(c2ccc(-c3cnccn3)cn2)CC1. The van der Waals surface area contributed by atoms with Crippen LogP contribution in [0.2, 0.25) is 0 Å². The molecule has 0 spiro atoms. The Morgan fingerprint density at radius 3 is 2.50 bits per heavy atom. The third-order valence-electron chi connectivity index (χ3n) is 3.96. The van der Waals surface area contributed by atoms with Crippen molar-refractivity contribution in [2.24, 2.45) is 5.73 Å². The van der Waals surface area contributed by atoms with Crippen molar-refractivity contribution in [3.8, 4) is 11.3 Å². The fourth-order valence-corrected chi connectivity index (χ4v) is 2.64. The first kappa shape index (κ1) is 13.1. The minimum Gasteiger partial charge on any atom is -0.384 e. The topological polar surface area (TPSA) is 84.9 Å². The normalized spacial score (nSPS) is 26.4. The van der Waals surface area contributed by atoms with Crippen LogP contribution in [0.3, 0.4) is 0 Å². The Hall–Kier alpha value is -1.85. The van der Waals surface area contributed by atoms with Crippen LogP contribution in [0.1, 0.15) is 31.4 Å². The summed E-state index contributed by atoms with van der Waals surface area (Å²) in [6.07, 6.45) is 9.75. The van der Waals surface area contributed by atoms with E-state index >= 15 is 0 Å². The van der Waals surface area contributed by atoms with Gasteiger partial charge < -0.3 is 10.8 Å². The monoisotopic (exact) mass is 270 g/mol. The maximum atomic E-state index is 10.7. The van der Waals surface area contributed by atoms with E-state index in [9.17, 15) is 5.11 Å². The van der Waals surface area contributed by atoms with Crippen LogP contribution in [-0.4, -0.2) is 26.1 Å². The molecule has 3 N–H and O–H groups in total. The van der Waals surface area contributed by atoms with Crippen LogP contribution in [-0.2, 0) is 5.60 Å². The van der Waals surface area contributed by atoms with E-state index < -0.39 is 5.60 Å². The van der Waals surface area contributed by atoms with Gasteiger partial charge in [-0.25, -0.2) is 0 Å². The molecule has 0 radical (unpaired) electrons.